The third kappa shape index (κ3) is 1.68. The van der Waals surface area contributed by atoms with E-state index < -0.39 is 5.92 Å². The maximum atomic E-state index is 12.8. The van der Waals surface area contributed by atoms with Gasteiger partial charge in [-0.05, 0) is 12.2 Å². The lowest BCUT2D eigenvalue weighted by Crippen LogP contribution is -2.15. The Labute approximate surface area is 64.2 Å². The van der Waals surface area contributed by atoms with Crippen LogP contribution in [0.5, 0.6) is 0 Å². The summed E-state index contributed by atoms with van der Waals surface area (Å²) in [4.78, 5) is 0. The highest BCUT2D eigenvalue weighted by molar-refractivity contribution is 5.30. The van der Waals surface area contributed by atoms with E-state index in [0.29, 0.717) is 0 Å². The van der Waals surface area contributed by atoms with E-state index in [1.807, 2.05) is 0 Å². The van der Waals surface area contributed by atoms with Crippen molar-refractivity contribution in [1.82, 2.24) is 0 Å². The molecule has 0 bridgehead atoms. The Hall–Kier alpha value is -1.10. The Kier molecular flexibility index (Phi) is 2.09. The summed E-state index contributed by atoms with van der Waals surface area (Å²) in [5.41, 5.74) is 4.80. The quantitative estimate of drug-likeness (QED) is 0.536. The molecule has 0 nitrogen and oxygen atoms in total. The normalized spacial score (nSPS) is 15.4. The zero-order valence-electron chi connectivity index (χ0n) is 6.20. The molecule has 0 radical (unpaired) electrons. The highest BCUT2D eigenvalue weighted by Crippen LogP contribution is 2.28. The molecule has 1 aliphatic carbocycles. The topological polar surface area (TPSA) is 0 Å². The Balaban J connectivity index is 3.00. The summed E-state index contributed by atoms with van der Waals surface area (Å²) in [5, 5.41) is 0. The molecule has 0 aromatic carbocycles. The van der Waals surface area contributed by atoms with E-state index in [1.54, 1.807) is 6.08 Å². The first-order chi connectivity index (χ1) is 5.17. The second-order valence-corrected chi connectivity index (χ2v) is 2.27. The van der Waals surface area contributed by atoms with E-state index in [0.717, 1.165) is 0 Å². The first-order valence-electron chi connectivity index (χ1n) is 3.43. The smallest absolute Gasteiger partial charge is 0.201 e. The van der Waals surface area contributed by atoms with Crippen LogP contribution in [0.2, 0.25) is 0 Å². The molecule has 0 saturated carbocycles. The number of rotatable bonds is 2. The second kappa shape index (κ2) is 2.87. The van der Waals surface area contributed by atoms with E-state index in [-0.39, 0.29) is 12.0 Å². The fraction of sp³-hybridized carbons (Fsp3) is 0.333. The van der Waals surface area contributed by atoms with E-state index in [2.05, 4.69) is 11.5 Å². The van der Waals surface area contributed by atoms with Crippen LogP contribution in [0, 0.1) is 0 Å². The van der Waals surface area contributed by atoms with Gasteiger partial charge in [-0.2, -0.15) is 0 Å². The SMILES string of the molecule is CCC(F)(F)C1=C=C=CC=C1. The van der Waals surface area contributed by atoms with Crippen molar-refractivity contribution in [2.75, 3.05) is 0 Å². The average Bonchev–Trinajstić information content (AvgIpc) is 2.06. The molecule has 0 saturated heterocycles. The van der Waals surface area contributed by atoms with Crippen molar-refractivity contribution in [2.45, 2.75) is 19.3 Å². The summed E-state index contributed by atoms with van der Waals surface area (Å²) in [7, 11) is 0. The highest BCUT2D eigenvalue weighted by Gasteiger charge is 2.30. The Morgan fingerprint density at radius 1 is 1.55 bits per heavy atom. The molecule has 0 aromatic heterocycles. The first-order valence-corrected chi connectivity index (χ1v) is 3.43. The van der Waals surface area contributed by atoms with E-state index in [1.165, 1.54) is 19.1 Å². The number of hydrogen-bond acceptors (Lipinski definition) is 0. The first kappa shape index (κ1) is 8.00. The summed E-state index contributed by atoms with van der Waals surface area (Å²) in [6.07, 6.45) is 4.26. The van der Waals surface area contributed by atoms with Crippen LogP contribution in [0.4, 0.5) is 8.78 Å². The van der Waals surface area contributed by atoms with Gasteiger partial charge in [0, 0.05) is 6.42 Å². The summed E-state index contributed by atoms with van der Waals surface area (Å²) < 4.78 is 25.7. The summed E-state index contributed by atoms with van der Waals surface area (Å²) in [6, 6.07) is 0. The van der Waals surface area contributed by atoms with Gasteiger partial charge in [-0.3, -0.25) is 0 Å². The van der Waals surface area contributed by atoms with Crippen molar-refractivity contribution in [3.8, 4) is 0 Å². The predicted molar refractivity (Wildman–Crippen MR) is 39.5 cm³/mol. The average molecular weight is 154 g/mol. The molecule has 0 fully saturated rings. The highest BCUT2D eigenvalue weighted by atomic mass is 19.3. The van der Waals surface area contributed by atoms with Crippen LogP contribution in [-0.2, 0) is 0 Å². The molecule has 11 heavy (non-hydrogen) atoms. The van der Waals surface area contributed by atoms with Crippen LogP contribution in [0.1, 0.15) is 13.3 Å². The van der Waals surface area contributed by atoms with Gasteiger partial charge >= 0.3 is 0 Å². The zero-order chi connectivity index (χ0) is 8.32. The summed E-state index contributed by atoms with van der Waals surface area (Å²) in [5.74, 6) is -2.75. The molecule has 0 heterocycles. The van der Waals surface area contributed by atoms with Crippen molar-refractivity contribution in [3.05, 3.63) is 35.3 Å². The van der Waals surface area contributed by atoms with E-state index in [4.69, 9.17) is 0 Å². The lowest BCUT2D eigenvalue weighted by molar-refractivity contribution is 0.0417. The summed E-state index contributed by atoms with van der Waals surface area (Å²) >= 11 is 0. The van der Waals surface area contributed by atoms with Crippen LogP contribution in [-0.4, -0.2) is 5.92 Å². The maximum absolute atomic E-state index is 12.8. The van der Waals surface area contributed by atoms with Crippen molar-refractivity contribution in [1.29, 1.82) is 0 Å². The largest absolute Gasteiger partial charge is 0.280 e. The zero-order valence-corrected chi connectivity index (χ0v) is 6.20. The van der Waals surface area contributed by atoms with Gasteiger partial charge < -0.3 is 0 Å². The van der Waals surface area contributed by atoms with Gasteiger partial charge in [-0.25, -0.2) is 8.78 Å². The summed E-state index contributed by atoms with van der Waals surface area (Å²) in [6.45, 7) is 1.45. The lowest BCUT2D eigenvalue weighted by atomic mass is 10.1. The van der Waals surface area contributed by atoms with Gasteiger partial charge in [-0.1, -0.05) is 24.5 Å². The molecule has 0 N–H and O–H groups in total. The van der Waals surface area contributed by atoms with Crippen LogP contribution >= 0.6 is 0 Å². The molecule has 2 heteroatoms. The van der Waals surface area contributed by atoms with Crippen LogP contribution in [0.3, 0.4) is 0 Å². The number of halogens is 2. The van der Waals surface area contributed by atoms with Crippen LogP contribution < -0.4 is 0 Å². The van der Waals surface area contributed by atoms with Gasteiger partial charge in [0.05, 0.1) is 5.57 Å². The molecular formula is C9H8F2. The fourth-order valence-corrected chi connectivity index (χ4v) is 0.757. The molecule has 0 aromatic rings. The standard InChI is InChI=1S/C9H8F2/c1-2-9(10,11)8-6-4-3-5-7-8/h3-4,6H,2H2,1H3. The number of hydrogen-bond donors (Lipinski definition) is 0. The van der Waals surface area contributed by atoms with Gasteiger partial charge in [0.2, 0.25) is 0 Å². The molecule has 0 atom stereocenters. The Bertz CT molecular complexity index is 272. The van der Waals surface area contributed by atoms with Crippen molar-refractivity contribution >= 4 is 0 Å². The lowest BCUT2D eigenvalue weighted by Gasteiger charge is -2.12. The van der Waals surface area contributed by atoms with Crippen molar-refractivity contribution < 1.29 is 8.78 Å². The minimum Gasteiger partial charge on any atom is -0.201 e. The molecule has 0 amide bonds. The number of alkyl halides is 2. The molecule has 58 valence electrons. The molecule has 1 rings (SSSR count). The van der Waals surface area contributed by atoms with Crippen molar-refractivity contribution in [3.63, 3.8) is 0 Å². The fourth-order valence-electron chi connectivity index (χ4n) is 0.757. The van der Waals surface area contributed by atoms with Crippen LogP contribution in [0.25, 0.3) is 0 Å². The van der Waals surface area contributed by atoms with E-state index in [9.17, 15) is 8.78 Å². The third-order valence-electron chi connectivity index (χ3n) is 1.49. The molecule has 0 aliphatic heterocycles. The predicted octanol–water partition coefficient (Wildman–Crippen LogP) is 2.84. The van der Waals surface area contributed by atoms with E-state index >= 15 is 0 Å². The Morgan fingerprint density at radius 3 is 2.73 bits per heavy atom. The van der Waals surface area contributed by atoms with Gasteiger partial charge in [-0.15, -0.1) is 0 Å². The van der Waals surface area contributed by atoms with Gasteiger partial charge in [0.15, 0.2) is 0 Å². The Morgan fingerprint density at radius 2 is 2.27 bits per heavy atom. The molecular weight excluding hydrogens is 146 g/mol. The number of allylic oxidation sites excluding steroid dienone is 4. The second-order valence-electron chi connectivity index (χ2n) is 2.27. The minimum atomic E-state index is -2.75. The van der Waals surface area contributed by atoms with Crippen molar-refractivity contribution in [2.24, 2.45) is 0 Å². The minimum absolute atomic E-state index is 0.0810. The molecule has 0 unspecified atom stereocenters. The molecule has 0 spiro atoms. The monoisotopic (exact) mass is 154 g/mol. The van der Waals surface area contributed by atoms with Crippen LogP contribution in [0.15, 0.2) is 35.3 Å². The van der Waals surface area contributed by atoms with Gasteiger partial charge in [0.1, 0.15) is 0 Å². The molecule has 1 aliphatic rings. The van der Waals surface area contributed by atoms with Gasteiger partial charge in [0.25, 0.3) is 5.92 Å². The maximum Gasteiger partial charge on any atom is 0.280 e. The third-order valence-corrected chi connectivity index (χ3v) is 1.49.